The van der Waals surface area contributed by atoms with Crippen molar-refractivity contribution < 1.29 is 26.7 Å². The number of piperazine rings is 1. The maximum atomic E-state index is 16.7. The molecule has 2 bridgehead atoms. The Morgan fingerprint density at radius 1 is 1.09 bits per heavy atom. The van der Waals surface area contributed by atoms with Gasteiger partial charge >= 0.3 is 12.2 Å². The van der Waals surface area contributed by atoms with Crippen molar-refractivity contribution in [3.63, 3.8) is 0 Å². The van der Waals surface area contributed by atoms with Crippen LogP contribution in [-0.2, 0) is 0 Å². The summed E-state index contributed by atoms with van der Waals surface area (Å²) in [4.78, 5) is 17.4. The number of halogens is 6. The van der Waals surface area contributed by atoms with Gasteiger partial charge in [-0.05, 0) is 56.8 Å². The molecule has 238 valence electrons. The van der Waals surface area contributed by atoms with Gasteiger partial charge in [0, 0.05) is 48.2 Å². The number of nitrogens with zero attached hydrogens (tertiary/aromatic N) is 5. The van der Waals surface area contributed by atoms with Gasteiger partial charge < -0.3 is 20.7 Å². The van der Waals surface area contributed by atoms with E-state index in [9.17, 15) is 17.6 Å². The third kappa shape index (κ3) is 4.86. The zero-order valence-corrected chi connectivity index (χ0v) is 25.5. The zero-order chi connectivity index (χ0) is 31.2. The minimum atomic E-state index is -4.29. The van der Waals surface area contributed by atoms with Gasteiger partial charge in [-0.25, -0.2) is 13.8 Å². The van der Waals surface area contributed by atoms with Crippen molar-refractivity contribution in [2.24, 2.45) is 5.92 Å². The van der Waals surface area contributed by atoms with Gasteiger partial charge in [0.1, 0.15) is 23.8 Å². The molecule has 3 N–H and O–H groups in total. The topological polar surface area (TPSA) is 92.4 Å². The number of rotatable bonds is 5. The smallest absolute Gasteiger partial charge is 0.393 e. The van der Waals surface area contributed by atoms with Gasteiger partial charge in [0.2, 0.25) is 0 Å². The van der Waals surface area contributed by atoms with Crippen molar-refractivity contribution in [2.45, 2.75) is 55.9 Å². The van der Waals surface area contributed by atoms with Crippen LogP contribution in [0.25, 0.3) is 32.2 Å². The van der Waals surface area contributed by atoms with Crippen molar-refractivity contribution in [3.8, 4) is 17.1 Å². The SMILES string of the molecule is Nc1nc2c(-c3c(Cl)cc4c(N5CC6CCC(C5)N6)nc(OC[C@@]56CCCN5C[C@H](C(F)(F)F)C6)nc4c3F)ccc(F)c2s1. The van der Waals surface area contributed by atoms with E-state index in [1.807, 2.05) is 4.90 Å². The van der Waals surface area contributed by atoms with Crippen molar-refractivity contribution >= 4 is 55.0 Å². The quantitative estimate of drug-likeness (QED) is 0.245. The van der Waals surface area contributed by atoms with E-state index < -0.39 is 29.3 Å². The molecule has 4 aliphatic heterocycles. The highest BCUT2D eigenvalue weighted by molar-refractivity contribution is 7.22. The summed E-state index contributed by atoms with van der Waals surface area (Å²) in [5.41, 5.74) is 5.46. The molecule has 0 amide bonds. The number of ether oxygens (including phenoxy) is 1. The average molecular weight is 666 g/mol. The Kier molecular flexibility index (Phi) is 6.83. The van der Waals surface area contributed by atoms with Gasteiger partial charge in [-0.15, -0.1) is 0 Å². The molecule has 4 fully saturated rings. The van der Waals surface area contributed by atoms with Gasteiger partial charge in [0.05, 0.1) is 26.7 Å². The molecule has 4 atom stereocenters. The molecule has 4 aliphatic rings. The fourth-order valence-corrected chi connectivity index (χ4v) is 8.87. The number of thiazole rings is 1. The van der Waals surface area contributed by atoms with E-state index in [4.69, 9.17) is 27.1 Å². The Morgan fingerprint density at radius 2 is 1.87 bits per heavy atom. The molecule has 8 rings (SSSR count). The first kappa shape index (κ1) is 29.3. The summed E-state index contributed by atoms with van der Waals surface area (Å²) in [5.74, 6) is -2.28. The molecular weight excluding hydrogens is 637 g/mol. The maximum Gasteiger partial charge on any atom is 0.393 e. The van der Waals surface area contributed by atoms with Crippen LogP contribution in [0.3, 0.4) is 0 Å². The predicted octanol–water partition coefficient (Wildman–Crippen LogP) is 6.16. The molecule has 4 saturated heterocycles. The number of aromatic nitrogens is 3. The molecule has 4 aromatic rings. The minimum absolute atomic E-state index is 0.0141. The van der Waals surface area contributed by atoms with Crippen molar-refractivity contribution in [1.82, 2.24) is 25.2 Å². The molecule has 0 saturated carbocycles. The Labute approximate surface area is 263 Å². The monoisotopic (exact) mass is 665 g/mol. The number of alkyl halides is 3. The Morgan fingerprint density at radius 3 is 2.62 bits per heavy atom. The number of benzene rings is 2. The maximum absolute atomic E-state index is 16.7. The number of nitrogens with two attached hydrogens (primary N) is 1. The van der Waals surface area contributed by atoms with Crippen LogP contribution >= 0.6 is 22.9 Å². The Bertz CT molecular complexity index is 1830. The lowest BCUT2D eigenvalue weighted by Gasteiger charge is -2.35. The standard InChI is InChI=1S/C30H29ClF5N7OS/c31-19-8-18-23(22(33)21(19)17-4-5-20(32)25-24(17)39-27(37)45-25)40-28(41-26(18)42-11-15-2-3-16(12-42)38-15)44-13-29-6-1-7-43(29)10-14(9-29)30(34,35)36/h4-5,8,14-16,38H,1-3,6-7,9-13H2,(H2,37,39)/t14-,15?,16?,29+/m1/s1. The number of nitrogens with one attached hydrogen (secondary N) is 1. The van der Waals surface area contributed by atoms with E-state index in [0.29, 0.717) is 37.3 Å². The highest BCUT2D eigenvalue weighted by Crippen LogP contribution is 2.48. The summed E-state index contributed by atoms with van der Waals surface area (Å²) < 4.78 is 78.7. The van der Waals surface area contributed by atoms with Crippen LogP contribution in [-0.4, -0.2) is 76.4 Å². The average Bonchev–Trinajstić information content (AvgIpc) is 3.75. The molecule has 8 nitrogen and oxygen atoms in total. The lowest BCUT2D eigenvalue weighted by Crippen LogP contribution is -2.51. The third-order valence-electron chi connectivity index (χ3n) is 9.88. The summed E-state index contributed by atoms with van der Waals surface area (Å²) in [5, 5.41) is 4.15. The molecule has 2 aromatic carbocycles. The summed E-state index contributed by atoms with van der Waals surface area (Å²) in [6.45, 7) is 1.71. The highest BCUT2D eigenvalue weighted by Gasteiger charge is 2.56. The molecule has 0 spiro atoms. The van der Waals surface area contributed by atoms with Gasteiger partial charge in [-0.1, -0.05) is 22.9 Å². The lowest BCUT2D eigenvalue weighted by atomic mass is 9.90. The number of fused-ring (bicyclic) bond motifs is 5. The molecule has 6 heterocycles. The van der Waals surface area contributed by atoms with Crippen LogP contribution in [0.1, 0.15) is 32.1 Å². The predicted molar refractivity (Wildman–Crippen MR) is 163 cm³/mol. The Balaban J connectivity index is 1.24. The molecular formula is C30H29ClF5N7OS. The van der Waals surface area contributed by atoms with Crippen LogP contribution in [0.15, 0.2) is 18.2 Å². The van der Waals surface area contributed by atoms with Gasteiger partial charge in [0.15, 0.2) is 10.9 Å². The Hall–Kier alpha value is -3.07. The lowest BCUT2D eigenvalue weighted by molar-refractivity contribution is -0.171. The van der Waals surface area contributed by atoms with E-state index >= 15 is 4.39 Å². The first-order valence-electron chi connectivity index (χ1n) is 15.0. The molecule has 45 heavy (non-hydrogen) atoms. The molecule has 15 heteroatoms. The van der Waals surface area contributed by atoms with Crippen LogP contribution in [0.5, 0.6) is 6.01 Å². The van der Waals surface area contributed by atoms with Gasteiger partial charge in [0.25, 0.3) is 0 Å². The fourth-order valence-electron chi connectivity index (χ4n) is 7.82. The second kappa shape index (κ2) is 10.5. The molecule has 2 aromatic heterocycles. The molecule has 0 radical (unpaired) electrons. The van der Waals surface area contributed by atoms with E-state index in [0.717, 1.165) is 30.6 Å². The van der Waals surface area contributed by atoms with Gasteiger partial charge in [-0.3, -0.25) is 4.90 Å². The van der Waals surface area contributed by atoms with E-state index in [1.165, 1.54) is 12.1 Å². The normalized spacial score (nSPS) is 26.8. The third-order valence-corrected chi connectivity index (χ3v) is 11.1. The minimum Gasteiger partial charge on any atom is -0.461 e. The second-order valence-electron chi connectivity index (χ2n) is 12.6. The first-order chi connectivity index (χ1) is 21.5. The summed E-state index contributed by atoms with van der Waals surface area (Å²) >= 11 is 7.72. The summed E-state index contributed by atoms with van der Waals surface area (Å²) in [6.07, 6.45) is -1.02. The van der Waals surface area contributed by atoms with E-state index in [2.05, 4.69) is 20.2 Å². The van der Waals surface area contributed by atoms with Crippen LogP contribution in [0.2, 0.25) is 5.02 Å². The molecule has 0 aliphatic carbocycles. The van der Waals surface area contributed by atoms with Crippen molar-refractivity contribution in [1.29, 1.82) is 0 Å². The number of hydrogen-bond donors (Lipinski definition) is 2. The van der Waals surface area contributed by atoms with Crippen molar-refractivity contribution in [2.75, 3.05) is 43.4 Å². The van der Waals surface area contributed by atoms with Crippen molar-refractivity contribution in [3.05, 3.63) is 34.9 Å². The van der Waals surface area contributed by atoms with Crippen LogP contribution in [0.4, 0.5) is 32.9 Å². The fraction of sp³-hybridized carbons (Fsp3) is 0.500. The second-order valence-corrected chi connectivity index (χ2v) is 14.1. The van der Waals surface area contributed by atoms with E-state index in [-0.39, 0.29) is 74.7 Å². The summed E-state index contributed by atoms with van der Waals surface area (Å²) in [6, 6.07) is 4.59. The highest BCUT2D eigenvalue weighted by atomic mass is 35.5. The first-order valence-corrected chi connectivity index (χ1v) is 16.2. The van der Waals surface area contributed by atoms with E-state index in [1.54, 1.807) is 6.07 Å². The largest absolute Gasteiger partial charge is 0.461 e. The summed E-state index contributed by atoms with van der Waals surface area (Å²) in [7, 11) is 0. The number of anilines is 2. The number of nitrogen functional groups attached to an aromatic ring is 1. The zero-order valence-electron chi connectivity index (χ0n) is 23.9. The van der Waals surface area contributed by atoms with Gasteiger partial charge in [-0.2, -0.15) is 23.1 Å². The van der Waals surface area contributed by atoms with Crippen LogP contribution < -0.4 is 20.7 Å². The number of hydrogen-bond acceptors (Lipinski definition) is 9. The van der Waals surface area contributed by atoms with Crippen LogP contribution in [0, 0.1) is 17.6 Å². The molecule has 2 unspecified atom stereocenters.